The highest BCUT2D eigenvalue weighted by Crippen LogP contribution is 2.35. The minimum atomic E-state index is -4.83. The molecule has 2 heterocycles. The Morgan fingerprint density at radius 1 is 0.941 bits per heavy atom. The summed E-state index contributed by atoms with van der Waals surface area (Å²) in [5, 5.41) is 0. The summed E-state index contributed by atoms with van der Waals surface area (Å²) in [7, 11) is 0. The molecule has 1 aromatic heterocycles. The summed E-state index contributed by atoms with van der Waals surface area (Å²) in [4.78, 5) is 33.1. The van der Waals surface area contributed by atoms with E-state index in [0.29, 0.717) is 6.42 Å². The second-order valence-corrected chi connectivity index (χ2v) is 8.42. The number of amides is 3. The van der Waals surface area contributed by atoms with E-state index in [1.807, 2.05) is 36.4 Å². The Balaban J connectivity index is 1.59. The van der Waals surface area contributed by atoms with Crippen LogP contribution in [0.1, 0.15) is 30.5 Å². The number of hydrogen-bond donors (Lipinski definition) is 0. The van der Waals surface area contributed by atoms with Crippen molar-refractivity contribution in [2.75, 3.05) is 4.90 Å². The van der Waals surface area contributed by atoms with Crippen molar-refractivity contribution in [3.63, 3.8) is 0 Å². The Bertz CT molecular complexity index is 1200. The first-order valence-electron chi connectivity index (χ1n) is 10.5. The van der Waals surface area contributed by atoms with Crippen LogP contribution in [-0.4, -0.2) is 33.7 Å². The predicted octanol–water partition coefficient (Wildman–Crippen LogP) is 5.32. The van der Waals surface area contributed by atoms with Gasteiger partial charge in [-0.3, -0.25) is 9.78 Å². The molecular formula is C25H22F3N3O3. The summed E-state index contributed by atoms with van der Waals surface area (Å²) in [5.74, 6) is -0.908. The number of alkyl halides is 3. The van der Waals surface area contributed by atoms with E-state index in [0.717, 1.165) is 33.7 Å². The Labute approximate surface area is 194 Å². The van der Waals surface area contributed by atoms with Crippen molar-refractivity contribution < 1.29 is 27.5 Å². The number of hydrogen-bond acceptors (Lipinski definition) is 4. The molecule has 0 spiro atoms. The van der Waals surface area contributed by atoms with Gasteiger partial charge in [-0.2, -0.15) is 0 Å². The molecule has 1 aliphatic rings. The number of imide groups is 1. The third-order valence-corrected chi connectivity index (χ3v) is 5.72. The van der Waals surface area contributed by atoms with Gasteiger partial charge in [0.25, 0.3) is 5.91 Å². The lowest BCUT2D eigenvalue weighted by atomic mass is 9.99. The van der Waals surface area contributed by atoms with E-state index in [1.165, 1.54) is 17.0 Å². The summed E-state index contributed by atoms with van der Waals surface area (Å²) < 4.78 is 41.2. The van der Waals surface area contributed by atoms with E-state index in [2.05, 4.69) is 9.72 Å². The lowest BCUT2D eigenvalue weighted by molar-refractivity contribution is -0.274. The van der Waals surface area contributed by atoms with Gasteiger partial charge in [-0.1, -0.05) is 30.3 Å². The van der Waals surface area contributed by atoms with Crippen LogP contribution in [0.2, 0.25) is 0 Å². The number of ether oxygens (including phenoxy) is 1. The number of nitrogens with zero attached hydrogens (tertiary/aromatic N) is 3. The molecule has 0 N–H and O–H groups in total. The minimum Gasteiger partial charge on any atom is -0.406 e. The Morgan fingerprint density at radius 3 is 2.26 bits per heavy atom. The Morgan fingerprint density at radius 2 is 1.62 bits per heavy atom. The molecule has 3 amide bonds. The van der Waals surface area contributed by atoms with E-state index in [4.69, 9.17) is 0 Å². The maximum absolute atomic E-state index is 13.3. The van der Waals surface area contributed by atoms with Crippen LogP contribution in [0.15, 0.2) is 73.1 Å². The Kier molecular flexibility index (Phi) is 6.03. The highest BCUT2D eigenvalue weighted by Gasteiger charge is 2.51. The second-order valence-electron chi connectivity index (χ2n) is 8.42. The molecule has 9 heteroatoms. The molecule has 34 heavy (non-hydrogen) atoms. The molecule has 4 rings (SSSR count). The molecule has 1 aliphatic heterocycles. The van der Waals surface area contributed by atoms with E-state index in [9.17, 15) is 22.8 Å². The van der Waals surface area contributed by atoms with Crippen LogP contribution in [0.4, 0.5) is 23.7 Å². The summed E-state index contributed by atoms with van der Waals surface area (Å²) in [6.45, 7) is 3.47. The summed E-state index contributed by atoms with van der Waals surface area (Å²) in [6.07, 6.45) is -0.836. The van der Waals surface area contributed by atoms with Crippen molar-refractivity contribution in [1.82, 2.24) is 9.88 Å². The predicted molar refractivity (Wildman–Crippen MR) is 119 cm³/mol. The molecule has 0 unspecified atom stereocenters. The van der Waals surface area contributed by atoms with Crippen LogP contribution in [-0.2, 0) is 17.8 Å². The van der Waals surface area contributed by atoms with Crippen molar-refractivity contribution in [2.45, 2.75) is 38.7 Å². The molecular weight excluding hydrogens is 447 g/mol. The van der Waals surface area contributed by atoms with Gasteiger partial charge in [-0.05, 0) is 67.3 Å². The van der Waals surface area contributed by atoms with Crippen LogP contribution < -0.4 is 9.64 Å². The van der Waals surface area contributed by atoms with Gasteiger partial charge in [0.15, 0.2) is 0 Å². The maximum Gasteiger partial charge on any atom is 0.573 e. The van der Waals surface area contributed by atoms with Crippen LogP contribution in [0.3, 0.4) is 0 Å². The zero-order valence-electron chi connectivity index (χ0n) is 18.5. The molecule has 0 aliphatic carbocycles. The smallest absolute Gasteiger partial charge is 0.406 e. The maximum atomic E-state index is 13.3. The molecule has 6 nitrogen and oxygen atoms in total. The van der Waals surface area contributed by atoms with Crippen LogP contribution in [0.25, 0.3) is 0 Å². The zero-order valence-corrected chi connectivity index (χ0v) is 18.5. The average Bonchev–Trinajstić information content (AvgIpc) is 2.95. The van der Waals surface area contributed by atoms with Crippen molar-refractivity contribution >= 4 is 17.6 Å². The molecule has 1 saturated heterocycles. The number of pyridine rings is 1. The van der Waals surface area contributed by atoms with Crippen molar-refractivity contribution in [3.8, 4) is 5.75 Å². The first-order valence-corrected chi connectivity index (χ1v) is 10.5. The van der Waals surface area contributed by atoms with Gasteiger partial charge in [0, 0.05) is 18.9 Å². The van der Waals surface area contributed by atoms with Crippen LogP contribution in [0.5, 0.6) is 5.75 Å². The van der Waals surface area contributed by atoms with Crippen molar-refractivity contribution in [3.05, 3.63) is 89.7 Å². The van der Waals surface area contributed by atoms with Gasteiger partial charge in [-0.25, -0.2) is 9.69 Å². The third kappa shape index (κ3) is 4.73. The first kappa shape index (κ1) is 23.3. The molecule has 176 valence electrons. The second kappa shape index (κ2) is 8.81. The van der Waals surface area contributed by atoms with Gasteiger partial charge < -0.3 is 9.64 Å². The monoisotopic (exact) mass is 469 g/mol. The average molecular weight is 469 g/mol. The molecule has 3 aromatic rings. The van der Waals surface area contributed by atoms with E-state index >= 15 is 0 Å². The van der Waals surface area contributed by atoms with Gasteiger partial charge in [0.1, 0.15) is 11.3 Å². The Hall–Kier alpha value is -3.88. The van der Waals surface area contributed by atoms with Crippen LogP contribution >= 0.6 is 0 Å². The molecule has 0 atom stereocenters. The van der Waals surface area contributed by atoms with Gasteiger partial charge in [0.2, 0.25) is 0 Å². The minimum absolute atomic E-state index is 0.166. The molecule has 2 aromatic carbocycles. The van der Waals surface area contributed by atoms with Crippen LogP contribution in [0, 0.1) is 0 Å². The number of urea groups is 1. The summed E-state index contributed by atoms with van der Waals surface area (Å²) in [5.41, 5.74) is 1.87. The fourth-order valence-electron chi connectivity index (χ4n) is 3.88. The first-order chi connectivity index (χ1) is 16.1. The fourth-order valence-corrected chi connectivity index (χ4v) is 3.88. The normalized spacial score (nSPS) is 15.7. The van der Waals surface area contributed by atoms with Gasteiger partial charge in [-0.15, -0.1) is 13.2 Å². The number of rotatable bonds is 6. The van der Waals surface area contributed by atoms with E-state index in [1.54, 1.807) is 26.2 Å². The lowest BCUT2D eigenvalue weighted by Crippen LogP contribution is -2.43. The molecule has 0 saturated carbocycles. The summed E-state index contributed by atoms with van der Waals surface area (Å²) in [6, 6.07) is 15.7. The molecule has 0 bridgehead atoms. The van der Waals surface area contributed by atoms with Gasteiger partial charge in [0.05, 0.1) is 5.69 Å². The molecule has 0 radical (unpaired) electrons. The zero-order chi connectivity index (χ0) is 24.5. The van der Waals surface area contributed by atoms with E-state index in [-0.39, 0.29) is 12.2 Å². The number of halogens is 3. The lowest BCUT2D eigenvalue weighted by Gasteiger charge is -2.28. The van der Waals surface area contributed by atoms with E-state index < -0.39 is 29.6 Å². The summed E-state index contributed by atoms with van der Waals surface area (Å²) >= 11 is 0. The van der Waals surface area contributed by atoms with Crippen molar-refractivity contribution in [2.24, 2.45) is 0 Å². The quantitative estimate of drug-likeness (QED) is 0.459. The SMILES string of the molecule is CC1(C)C(=O)N(c2ccc(OC(F)(F)F)cc2)C(=O)N1Cc1ccncc1Cc1ccccc1. The fraction of sp³-hybridized carbons (Fsp3) is 0.240. The topological polar surface area (TPSA) is 62.7 Å². The number of anilines is 1. The standard InChI is InChI=1S/C25H22F3N3O3/c1-24(2)22(32)31(20-8-10-21(11-9-20)34-25(26,27)28)23(33)30(24)16-18-12-13-29-15-19(18)14-17-6-4-3-5-7-17/h3-13,15H,14,16H2,1-2H3. The van der Waals surface area contributed by atoms with Crippen molar-refractivity contribution in [1.29, 1.82) is 0 Å². The molecule has 1 fully saturated rings. The highest BCUT2D eigenvalue weighted by atomic mass is 19.4. The number of carbonyl (C=O) groups is 2. The number of carbonyl (C=O) groups excluding carboxylic acids is 2. The number of benzene rings is 2. The van der Waals surface area contributed by atoms with Gasteiger partial charge >= 0.3 is 12.4 Å². The third-order valence-electron chi connectivity index (χ3n) is 5.72. The number of aromatic nitrogens is 1. The largest absolute Gasteiger partial charge is 0.573 e. The highest BCUT2D eigenvalue weighted by molar-refractivity contribution is 6.22.